The molecule has 2 fully saturated rings. The van der Waals surface area contributed by atoms with Gasteiger partial charge in [0, 0.05) is 19.7 Å². The Labute approximate surface area is 146 Å². The van der Waals surface area contributed by atoms with E-state index in [-0.39, 0.29) is 5.91 Å². The van der Waals surface area contributed by atoms with E-state index in [0.29, 0.717) is 38.1 Å². The Kier molecular flexibility index (Phi) is 4.27. The Morgan fingerprint density at radius 3 is 2.64 bits per heavy atom. The number of ether oxygens (including phenoxy) is 1. The van der Waals surface area contributed by atoms with Gasteiger partial charge in [0.1, 0.15) is 12.7 Å². The number of para-hydroxylation sites is 1. The van der Waals surface area contributed by atoms with Gasteiger partial charge in [-0.2, -0.15) is 0 Å². The average molecular weight is 342 g/mol. The molecule has 1 atom stereocenters. The Hall–Kier alpha value is -2.25. The molecule has 2 aliphatic rings. The van der Waals surface area contributed by atoms with Gasteiger partial charge in [0.15, 0.2) is 0 Å². The predicted octanol–water partition coefficient (Wildman–Crippen LogP) is 1.41. The van der Waals surface area contributed by atoms with Gasteiger partial charge in [-0.25, -0.2) is 0 Å². The Morgan fingerprint density at radius 1 is 1.20 bits per heavy atom. The molecule has 1 aromatic heterocycles. The summed E-state index contributed by atoms with van der Waals surface area (Å²) in [5, 5.41) is 18.0. The molecule has 1 N–H and O–H groups in total. The van der Waals surface area contributed by atoms with Crippen molar-refractivity contribution in [3.05, 3.63) is 42.5 Å². The molecule has 0 unspecified atom stereocenters. The minimum absolute atomic E-state index is 0.00977. The molecule has 0 bridgehead atoms. The normalized spacial score (nSPS) is 22.9. The van der Waals surface area contributed by atoms with E-state index in [2.05, 4.69) is 10.2 Å². The molecule has 7 nitrogen and oxygen atoms in total. The van der Waals surface area contributed by atoms with Crippen LogP contribution in [-0.4, -0.2) is 62.1 Å². The number of carbonyl (C=O) groups is 1. The van der Waals surface area contributed by atoms with Gasteiger partial charge in [0.2, 0.25) is 0 Å². The van der Waals surface area contributed by atoms with Crippen LogP contribution >= 0.6 is 0 Å². The number of likely N-dealkylation sites (tertiary alicyclic amines) is 1. The van der Waals surface area contributed by atoms with E-state index in [1.165, 1.54) is 0 Å². The van der Waals surface area contributed by atoms with Gasteiger partial charge in [0.25, 0.3) is 5.91 Å². The molecule has 0 aliphatic carbocycles. The number of aliphatic hydroxyl groups is 1. The van der Waals surface area contributed by atoms with Gasteiger partial charge >= 0.3 is 0 Å². The molecule has 1 amide bonds. The lowest BCUT2D eigenvalue weighted by molar-refractivity contribution is -0.174. The lowest BCUT2D eigenvalue weighted by Crippen LogP contribution is -2.56. The van der Waals surface area contributed by atoms with Crippen LogP contribution in [0.2, 0.25) is 0 Å². The van der Waals surface area contributed by atoms with Crippen LogP contribution in [0.5, 0.6) is 0 Å². The quantitative estimate of drug-likeness (QED) is 0.893. The standard InChI is InChI=1S/C18H22N4O3/c23-16-6-3-11-25-18(16)7-9-21(10-8-18)17(24)14-4-1-2-5-15(14)22-12-19-20-13-22/h1-2,4-5,12-13,16,23H,3,6-11H2/t16-/m1/s1. The monoisotopic (exact) mass is 342 g/mol. The summed E-state index contributed by atoms with van der Waals surface area (Å²) in [6.07, 6.45) is 5.78. The fourth-order valence-corrected chi connectivity index (χ4v) is 3.85. The number of aromatic nitrogens is 3. The second-order valence-corrected chi connectivity index (χ2v) is 6.75. The van der Waals surface area contributed by atoms with E-state index >= 15 is 0 Å². The third-order valence-corrected chi connectivity index (χ3v) is 5.35. The average Bonchev–Trinajstić information content (AvgIpc) is 3.19. The van der Waals surface area contributed by atoms with E-state index in [0.717, 1.165) is 18.5 Å². The van der Waals surface area contributed by atoms with Crippen molar-refractivity contribution in [1.29, 1.82) is 0 Å². The van der Waals surface area contributed by atoms with Gasteiger partial charge in [-0.3, -0.25) is 9.36 Å². The van der Waals surface area contributed by atoms with Crippen molar-refractivity contribution in [2.75, 3.05) is 19.7 Å². The minimum Gasteiger partial charge on any atom is -0.390 e. The zero-order valence-corrected chi connectivity index (χ0v) is 14.0. The van der Waals surface area contributed by atoms with Crippen molar-refractivity contribution in [2.45, 2.75) is 37.4 Å². The van der Waals surface area contributed by atoms with Crippen LogP contribution in [0.25, 0.3) is 5.69 Å². The summed E-state index contributed by atoms with van der Waals surface area (Å²) in [4.78, 5) is 14.9. The van der Waals surface area contributed by atoms with Crippen LogP contribution in [0, 0.1) is 0 Å². The number of amides is 1. The van der Waals surface area contributed by atoms with Crippen LogP contribution in [0.3, 0.4) is 0 Å². The molecule has 1 aromatic carbocycles. The highest BCUT2D eigenvalue weighted by Crippen LogP contribution is 2.35. The minimum atomic E-state index is -0.469. The van der Waals surface area contributed by atoms with Gasteiger partial charge in [-0.05, 0) is 37.8 Å². The van der Waals surface area contributed by atoms with E-state index in [1.807, 2.05) is 29.2 Å². The maximum Gasteiger partial charge on any atom is 0.255 e. The molecule has 7 heteroatoms. The van der Waals surface area contributed by atoms with E-state index in [9.17, 15) is 9.90 Å². The summed E-state index contributed by atoms with van der Waals surface area (Å²) in [7, 11) is 0. The van der Waals surface area contributed by atoms with Crippen LogP contribution in [-0.2, 0) is 4.74 Å². The molecule has 0 radical (unpaired) electrons. The number of piperidine rings is 1. The van der Waals surface area contributed by atoms with Crippen LogP contribution in [0.1, 0.15) is 36.0 Å². The largest absolute Gasteiger partial charge is 0.390 e. The van der Waals surface area contributed by atoms with Gasteiger partial charge in [-0.1, -0.05) is 12.1 Å². The van der Waals surface area contributed by atoms with Crippen LogP contribution in [0.15, 0.2) is 36.9 Å². The first kappa shape index (κ1) is 16.2. The molecule has 1 spiro atoms. The second kappa shape index (κ2) is 6.57. The smallest absolute Gasteiger partial charge is 0.255 e. The molecule has 4 rings (SSSR count). The fourth-order valence-electron chi connectivity index (χ4n) is 3.85. The van der Waals surface area contributed by atoms with E-state index in [1.54, 1.807) is 17.2 Å². The lowest BCUT2D eigenvalue weighted by atomic mass is 9.82. The Morgan fingerprint density at radius 2 is 1.92 bits per heavy atom. The molecule has 3 heterocycles. The van der Waals surface area contributed by atoms with Crippen LogP contribution < -0.4 is 0 Å². The Balaban J connectivity index is 1.52. The molecular weight excluding hydrogens is 320 g/mol. The van der Waals surface area contributed by atoms with Crippen molar-refractivity contribution >= 4 is 5.91 Å². The maximum atomic E-state index is 13.0. The topological polar surface area (TPSA) is 80.5 Å². The third-order valence-electron chi connectivity index (χ3n) is 5.35. The van der Waals surface area contributed by atoms with Crippen LogP contribution in [0.4, 0.5) is 0 Å². The predicted molar refractivity (Wildman–Crippen MR) is 90.4 cm³/mol. The van der Waals surface area contributed by atoms with Gasteiger partial charge in [-0.15, -0.1) is 10.2 Å². The summed E-state index contributed by atoms with van der Waals surface area (Å²) in [6, 6.07) is 7.47. The SMILES string of the molecule is O=C(c1ccccc1-n1cnnc1)N1CCC2(CC1)OCCC[C@H]2O. The second-order valence-electron chi connectivity index (χ2n) is 6.75. The molecular formula is C18H22N4O3. The third kappa shape index (κ3) is 2.94. The van der Waals surface area contributed by atoms with Crippen molar-refractivity contribution in [1.82, 2.24) is 19.7 Å². The maximum absolute atomic E-state index is 13.0. The van der Waals surface area contributed by atoms with E-state index < -0.39 is 11.7 Å². The molecule has 0 saturated carbocycles. The highest BCUT2D eigenvalue weighted by molar-refractivity contribution is 5.97. The summed E-state index contributed by atoms with van der Waals surface area (Å²) >= 11 is 0. The first-order chi connectivity index (χ1) is 12.2. The summed E-state index contributed by atoms with van der Waals surface area (Å²) in [5.74, 6) is -0.00977. The number of carbonyl (C=O) groups excluding carboxylic acids is 1. The number of hydrogen-bond donors (Lipinski definition) is 1. The zero-order chi connectivity index (χ0) is 17.3. The highest BCUT2D eigenvalue weighted by atomic mass is 16.5. The summed E-state index contributed by atoms with van der Waals surface area (Å²) < 4.78 is 7.67. The number of nitrogens with zero attached hydrogens (tertiary/aromatic N) is 4. The van der Waals surface area contributed by atoms with Crippen molar-refractivity contribution < 1.29 is 14.6 Å². The van der Waals surface area contributed by atoms with Gasteiger partial charge < -0.3 is 14.7 Å². The summed E-state index contributed by atoms with van der Waals surface area (Å²) in [5.41, 5.74) is 0.929. The highest BCUT2D eigenvalue weighted by Gasteiger charge is 2.44. The number of hydrogen-bond acceptors (Lipinski definition) is 5. The zero-order valence-electron chi connectivity index (χ0n) is 14.0. The molecule has 2 aromatic rings. The number of rotatable bonds is 2. The molecule has 2 saturated heterocycles. The summed E-state index contributed by atoms with van der Waals surface area (Å²) in [6.45, 7) is 1.88. The first-order valence-electron chi connectivity index (χ1n) is 8.75. The van der Waals surface area contributed by atoms with Crippen molar-refractivity contribution in [3.63, 3.8) is 0 Å². The molecule has 132 valence electrons. The molecule has 2 aliphatic heterocycles. The van der Waals surface area contributed by atoms with Crippen molar-refractivity contribution in [2.24, 2.45) is 0 Å². The number of benzene rings is 1. The Bertz CT molecular complexity index is 739. The first-order valence-corrected chi connectivity index (χ1v) is 8.75. The molecule has 25 heavy (non-hydrogen) atoms. The van der Waals surface area contributed by atoms with Crippen molar-refractivity contribution in [3.8, 4) is 5.69 Å². The van der Waals surface area contributed by atoms with E-state index in [4.69, 9.17) is 4.74 Å². The fraction of sp³-hybridized carbons (Fsp3) is 0.500. The van der Waals surface area contributed by atoms with Gasteiger partial charge in [0.05, 0.1) is 23.0 Å². The lowest BCUT2D eigenvalue weighted by Gasteiger charge is -2.46. The number of aliphatic hydroxyl groups excluding tert-OH is 1.